The zero-order valence-corrected chi connectivity index (χ0v) is 8.85. The third-order valence-electron chi connectivity index (χ3n) is 1.73. The first kappa shape index (κ1) is 11.8. The molecule has 0 aliphatic heterocycles. The van der Waals surface area contributed by atoms with Crippen molar-refractivity contribution in [3.8, 4) is 0 Å². The highest BCUT2D eigenvalue weighted by molar-refractivity contribution is 9.08. The number of carboxylic acid groups (broad SMARTS) is 1. The summed E-state index contributed by atoms with van der Waals surface area (Å²) in [4.78, 5) is 24.0. The second kappa shape index (κ2) is 4.52. The maximum atomic E-state index is 12.4. The van der Waals surface area contributed by atoms with E-state index < -0.39 is 29.1 Å². The van der Waals surface area contributed by atoms with Crippen molar-refractivity contribution in [1.82, 2.24) is 4.98 Å². The van der Waals surface area contributed by atoms with E-state index in [-0.39, 0.29) is 11.0 Å². The van der Waals surface area contributed by atoms with E-state index in [1.165, 1.54) is 0 Å². The fraction of sp³-hybridized carbons (Fsp3) is 0.250. The zero-order valence-electron chi connectivity index (χ0n) is 7.26. The van der Waals surface area contributed by atoms with Gasteiger partial charge in [-0.2, -0.15) is 0 Å². The van der Waals surface area contributed by atoms with Gasteiger partial charge in [0.25, 0.3) is 6.43 Å². The lowest BCUT2D eigenvalue weighted by atomic mass is 10.2. The van der Waals surface area contributed by atoms with Gasteiger partial charge in [0.15, 0.2) is 5.43 Å². The Morgan fingerprint density at radius 1 is 1.60 bits per heavy atom. The van der Waals surface area contributed by atoms with Crippen molar-refractivity contribution in [2.24, 2.45) is 0 Å². The topological polar surface area (TPSA) is 70.2 Å². The van der Waals surface area contributed by atoms with Crippen molar-refractivity contribution in [2.45, 2.75) is 11.8 Å². The standard InChI is InChI=1S/C8H6BrF2NO3/c9-2-4-6(7(10)11)5(13)1-3(12-4)8(14)15/h1,7H,2H2,(H,12,13)(H,14,15). The van der Waals surface area contributed by atoms with Crippen LogP contribution in [0, 0.1) is 0 Å². The van der Waals surface area contributed by atoms with Crippen molar-refractivity contribution in [2.75, 3.05) is 0 Å². The summed E-state index contributed by atoms with van der Waals surface area (Å²) in [7, 11) is 0. The van der Waals surface area contributed by atoms with Crippen molar-refractivity contribution in [1.29, 1.82) is 0 Å². The van der Waals surface area contributed by atoms with Crippen LogP contribution < -0.4 is 5.43 Å². The molecule has 0 saturated heterocycles. The van der Waals surface area contributed by atoms with Gasteiger partial charge in [0.05, 0.1) is 5.56 Å². The molecule has 1 aromatic heterocycles. The minimum absolute atomic E-state index is 0.0387. The van der Waals surface area contributed by atoms with Crippen molar-refractivity contribution < 1.29 is 18.7 Å². The Hall–Kier alpha value is -1.24. The Labute approximate surface area is 91.1 Å². The Balaban J connectivity index is 3.44. The van der Waals surface area contributed by atoms with Crippen LogP contribution in [0.2, 0.25) is 0 Å². The fourth-order valence-corrected chi connectivity index (χ4v) is 1.53. The maximum absolute atomic E-state index is 12.4. The Bertz CT molecular complexity index is 444. The lowest BCUT2D eigenvalue weighted by Crippen LogP contribution is -2.17. The molecule has 4 nitrogen and oxygen atoms in total. The van der Waals surface area contributed by atoms with Crippen LogP contribution in [0.15, 0.2) is 10.9 Å². The third-order valence-corrected chi connectivity index (χ3v) is 2.29. The van der Waals surface area contributed by atoms with Crippen molar-refractivity contribution in [3.63, 3.8) is 0 Å². The highest BCUT2D eigenvalue weighted by Crippen LogP contribution is 2.20. The quantitative estimate of drug-likeness (QED) is 0.832. The minimum Gasteiger partial charge on any atom is -0.477 e. The number of hydrogen-bond donors (Lipinski definition) is 2. The van der Waals surface area contributed by atoms with Gasteiger partial charge in [-0.1, -0.05) is 15.9 Å². The van der Waals surface area contributed by atoms with E-state index in [2.05, 4.69) is 20.9 Å². The molecule has 0 spiro atoms. The lowest BCUT2D eigenvalue weighted by molar-refractivity contribution is 0.0689. The number of carboxylic acids is 1. The van der Waals surface area contributed by atoms with Gasteiger partial charge >= 0.3 is 5.97 Å². The number of alkyl halides is 3. The van der Waals surface area contributed by atoms with Crippen LogP contribution in [0.25, 0.3) is 0 Å². The molecular weight excluding hydrogens is 276 g/mol. The number of halogens is 3. The molecule has 0 aromatic carbocycles. The number of hydrogen-bond acceptors (Lipinski definition) is 2. The van der Waals surface area contributed by atoms with Crippen LogP contribution in [-0.2, 0) is 5.33 Å². The fourth-order valence-electron chi connectivity index (χ4n) is 1.08. The second-order valence-electron chi connectivity index (χ2n) is 2.68. The maximum Gasteiger partial charge on any atom is 0.352 e. The smallest absolute Gasteiger partial charge is 0.352 e. The predicted octanol–water partition coefficient (Wildman–Crippen LogP) is 1.91. The summed E-state index contributed by atoms with van der Waals surface area (Å²) in [6, 6.07) is 0.649. The summed E-state index contributed by atoms with van der Waals surface area (Å²) >= 11 is 2.90. The monoisotopic (exact) mass is 281 g/mol. The Morgan fingerprint density at radius 3 is 2.60 bits per heavy atom. The first-order valence-electron chi connectivity index (χ1n) is 3.81. The number of H-pyrrole nitrogens is 1. The largest absolute Gasteiger partial charge is 0.477 e. The van der Waals surface area contributed by atoms with Crippen LogP contribution >= 0.6 is 15.9 Å². The molecule has 0 fully saturated rings. The van der Waals surface area contributed by atoms with Crippen LogP contribution in [0.4, 0.5) is 8.78 Å². The van der Waals surface area contributed by atoms with E-state index in [0.717, 1.165) is 0 Å². The molecule has 1 heterocycles. The van der Waals surface area contributed by atoms with Crippen LogP contribution in [0.1, 0.15) is 28.2 Å². The summed E-state index contributed by atoms with van der Waals surface area (Å²) in [5.74, 6) is -1.37. The molecule has 1 aromatic rings. The minimum atomic E-state index is -2.93. The van der Waals surface area contributed by atoms with Crippen molar-refractivity contribution in [3.05, 3.63) is 33.2 Å². The highest BCUT2D eigenvalue weighted by Gasteiger charge is 2.19. The van der Waals surface area contributed by atoms with E-state index in [4.69, 9.17) is 5.11 Å². The average Bonchev–Trinajstić information content (AvgIpc) is 2.15. The molecule has 0 aliphatic carbocycles. The van der Waals surface area contributed by atoms with Gasteiger partial charge < -0.3 is 10.1 Å². The van der Waals surface area contributed by atoms with Gasteiger partial charge in [-0.3, -0.25) is 4.79 Å². The number of aromatic nitrogens is 1. The zero-order chi connectivity index (χ0) is 11.6. The number of rotatable bonds is 3. The summed E-state index contributed by atoms with van der Waals surface area (Å²) in [6.07, 6.45) is -2.93. The molecule has 2 N–H and O–H groups in total. The summed E-state index contributed by atoms with van der Waals surface area (Å²) in [6.45, 7) is 0. The van der Waals surface area contributed by atoms with Gasteiger partial charge in [0.1, 0.15) is 5.69 Å². The number of carbonyl (C=O) groups is 1. The Morgan fingerprint density at radius 2 is 2.20 bits per heavy atom. The average molecular weight is 282 g/mol. The van der Waals surface area contributed by atoms with Gasteiger partial charge in [0, 0.05) is 17.1 Å². The first-order chi connectivity index (χ1) is 6.97. The molecule has 7 heteroatoms. The summed E-state index contributed by atoms with van der Waals surface area (Å²) in [5, 5.41) is 8.55. The van der Waals surface area contributed by atoms with Gasteiger partial charge in [-0.25, -0.2) is 13.6 Å². The molecule has 0 radical (unpaired) electrons. The van der Waals surface area contributed by atoms with Crippen LogP contribution in [-0.4, -0.2) is 16.1 Å². The molecule has 0 bridgehead atoms. The number of aromatic amines is 1. The number of aromatic carboxylic acids is 1. The number of nitrogens with one attached hydrogen (secondary N) is 1. The van der Waals surface area contributed by atoms with Gasteiger partial charge in [0.2, 0.25) is 0 Å². The highest BCUT2D eigenvalue weighted by atomic mass is 79.9. The molecular formula is C8H6BrF2NO3. The molecule has 0 atom stereocenters. The van der Waals surface area contributed by atoms with Gasteiger partial charge in [-0.05, 0) is 0 Å². The predicted molar refractivity (Wildman–Crippen MR) is 51.6 cm³/mol. The second-order valence-corrected chi connectivity index (χ2v) is 3.24. The van der Waals surface area contributed by atoms with Crippen LogP contribution in [0.3, 0.4) is 0 Å². The van der Waals surface area contributed by atoms with E-state index in [9.17, 15) is 18.4 Å². The molecule has 1 rings (SSSR count). The Kier molecular flexibility index (Phi) is 3.57. The summed E-state index contributed by atoms with van der Waals surface area (Å²) < 4.78 is 24.8. The van der Waals surface area contributed by atoms with E-state index in [1.807, 2.05) is 0 Å². The molecule has 15 heavy (non-hydrogen) atoms. The van der Waals surface area contributed by atoms with E-state index >= 15 is 0 Å². The molecule has 0 amide bonds. The van der Waals surface area contributed by atoms with Crippen LogP contribution in [0.5, 0.6) is 0 Å². The van der Waals surface area contributed by atoms with Gasteiger partial charge in [-0.15, -0.1) is 0 Å². The SMILES string of the molecule is O=C(O)c1cc(=O)c(C(F)F)c(CBr)[nH]1. The summed E-state index contributed by atoms with van der Waals surface area (Å²) in [5.41, 5.74) is -2.19. The molecule has 0 aliphatic rings. The number of pyridine rings is 1. The molecule has 0 unspecified atom stereocenters. The normalized spacial score (nSPS) is 10.7. The van der Waals surface area contributed by atoms with Crippen molar-refractivity contribution >= 4 is 21.9 Å². The lowest BCUT2D eigenvalue weighted by Gasteiger charge is -2.06. The third kappa shape index (κ3) is 2.41. The first-order valence-corrected chi connectivity index (χ1v) is 4.93. The van der Waals surface area contributed by atoms with E-state index in [0.29, 0.717) is 6.07 Å². The van der Waals surface area contributed by atoms with E-state index in [1.54, 1.807) is 0 Å². The molecule has 0 saturated carbocycles. The molecule has 82 valence electrons.